The molecular formula is C21H24F3N3O3. The first-order valence-electron chi connectivity index (χ1n) is 9.43. The lowest BCUT2D eigenvalue weighted by Gasteiger charge is -2.23. The first-order valence-corrected chi connectivity index (χ1v) is 9.43. The summed E-state index contributed by atoms with van der Waals surface area (Å²) < 4.78 is 53.5. The van der Waals surface area contributed by atoms with Gasteiger partial charge in [-0.15, -0.1) is 0 Å². The number of guanidine groups is 1. The molecule has 0 bridgehead atoms. The molecule has 6 nitrogen and oxygen atoms in total. The summed E-state index contributed by atoms with van der Waals surface area (Å²) in [6, 6.07) is 9.35. The number of nitrogens with zero attached hydrogens (tertiary/aromatic N) is 2. The molecule has 30 heavy (non-hydrogen) atoms. The van der Waals surface area contributed by atoms with Crippen molar-refractivity contribution in [1.29, 1.82) is 0 Å². The van der Waals surface area contributed by atoms with E-state index in [2.05, 4.69) is 15.0 Å². The van der Waals surface area contributed by atoms with E-state index in [-0.39, 0.29) is 18.4 Å². The van der Waals surface area contributed by atoms with Crippen LogP contribution in [0.1, 0.15) is 16.7 Å². The van der Waals surface area contributed by atoms with Crippen molar-refractivity contribution in [3.63, 3.8) is 0 Å². The van der Waals surface area contributed by atoms with Crippen molar-refractivity contribution in [3.8, 4) is 11.5 Å². The summed E-state index contributed by atoms with van der Waals surface area (Å²) in [5.41, 5.74) is 2.39. The molecular weight excluding hydrogens is 399 g/mol. The Morgan fingerprint density at radius 2 is 2.03 bits per heavy atom. The van der Waals surface area contributed by atoms with Gasteiger partial charge in [0.2, 0.25) is 0 Å². The Morgan fingerprint density at radius 3 is 2.73 bits per heavy atom. The van der Waals surface area contributed by atoms with Gasteiger partial charge in [0.05, 0.1) is 6.61 Å². The minimum atomic E-state index is -2.84. The van der Waals surface area contributed by atoms with E-state index in [1.165, 1.54) is 24.3 Å². The fraction of sp³-hybridized carbons (Fsp3) is 0.381. The maximum Gasteiger partial charge on any atom is 0.387 e. The van der Waals surface area contributed by atoms with Crippen LogP contribution in [0.15, 0.2) is 41.4 Å². The van der Waals surface area contributed by atoms with Gasteiger partial charge in [0.25, 0.3) is 0 Å². The van der Waals surface area contributed by atoms with E-state index in [1.807, 2.05) is 11.9 Å². The highest BCUT2D eigenvalue weighted by Crippen LogP contribution is 2.29. The molecule has 0 spiro atoms. The Bertz CT molecular complexity index is 876. The van der Waals surface area contributed by atoms with Crippen LogP contribution in [-0.4, -0.2) is 44.9 Å². The number of fused-ring (bicyclic) bond motifs is 1. The van der Waals surface area contributed by atoms with Gasteiger partial charge in [-0.05, 0) is 41.8 Å². The highest BCUT2D eigenvalue weighted by Gasteiger charge is 2.17. The molecule has 1 N–H and O–H groups in total. The molecule has 0 amide bonds. The van der Waals surface area contributed by atoms with Gasteiger partial charge in [-0.2, -0.15) is 8.78 Å². The second-order valence-electron chi connectivity index (χ2n) is 6.77. The quantitative estimate of drug-likeness (QED) is 0.545. The van der Waals surface area contributed by atoms with Crippen molar-refractivity contribution in [2.24, 2.45) is 4.99 Å². The summed E-state index contributed by atoms with van der Waals surface area (Å²) in [5.74, 6) is 1.12. The van der Waals surface area contributed by atoms with Gasteiger partial charge in [-0.25, -0.2) is 4.39 Å². The number of alkyl halides is 2. The van der Waals surface area contributed by atoms with E-state index in [0.717, 1.165) is 11.1 Å². The van der Waals surface area contributed by atoms with Gasteiger partial charge in [-0.1, -0.05) is 12.1 Å². The van der Waals surface area contributed by atoms with Crippen LogP contribution < -0.4 is 14.8 Å². The van der Waals surface area contributed by atoms with E-state index >= 15 is 0 Å². The second kappa shape index (κ2) is 10.2. The maximum atomic E-state index is 13.9. The second-order valence-corrected chi connectivity index (χ2v) is 6.77. The third-order valence-electron chi connectivity index (χ3n) is 4.57. The summed E-state index contributed by atoms with van der Waals surface area (Å²) in [6.45, 7) is -1.31. The van der Waals surface area contributed by atoms with Crippen molar-refractivity contribution in [2.45, 2.75) is 26.2 Å². The maximum absolute atomic E-state index is 13.9. The van der Waals surface area contributed by atoms with Crippen molar-refractivity contribution >= 4 is 5.96 Å². The molecule has 0 aliphatic carbocycles. The van der Waals surface area contributed by atoms with Crippen LogP contribution in [0.4, 0.5) is 13.2 Å². The number of ether oxygens (including phenoxy) is 3. The van der Waals surface area contributed by atoms with Crippen molar-refractivity contribution < 1.29 is 27.4 Å². The molecule has 1 aliphatic rings. The normalized spacial score (nSPS) is 13.6. The van der Waals surface area contributed by atoms with Crippen molar-refractivity contribution in [2.75, 3.05) is 27.4 Å². The third-order valence-corrected chi connectivity index (χ3v) is 4.57. The molecule has 0 radical (unpaired) electrons. The van der Waals surface area contributed by atoms with Gasteiger partial charge in [0, 0.05) is 32.7 Å². The summed E-state index contributed by atoms with van der Waals surface area (Å²) >= 11 is 0. The number of benzene rings is 2. The molecule has 0 aromatic heterocycles. The predicted octanol–water partition coefficient (Wildman–Crippen LogP) is 3.54. The molecule has 0 unspecified atom stereocenters. The fourth-order valence-electron chi connectivity index (χ4n) is 3.26. The lowest BCUT2D eigenvalue weighted by Crippen LogP contribution is -2.39. The summed E-state index contributed by atoms with van der Waals surface area (Å²) in [5, 5.41) is 3.24. The molecule has 2 aromatic carbocycles. The van der Waals surface area contributed by atoms with Gasteiger partial charge in [-0.3, -0.25) is 4.99 Å². The minimum absolute atomic E-state index is 0.116. The zero-order valence-corrected chi connectivity index (χ0v) is 16.8. The number of nitrogens with one attached hydrogen (secondary N) is 1. The van der Waals surface area contributed by atoms with Crippen molar-refractivity contribution in [3.05, 3.63) is 58.9 Å². The topological polar surface area (TPSA) is 55.3 Å². The Kier molecular flexibility index (Phi) is 7.40. The van der Waals surface area contributed by atoms with Gasteiger partial charge in [0.1, 0.15) is 17.3 Å². The van der Waals surface area contributed by atoms with Crippen LogP contribution in [0.5, 0.6) is 11.5 Å². The molecule has 0 saturated carbocycles. The zero-order chi connectivity index (χ0) is 21.5. The minimum Gasteiger partial charge on any atom is -0.467 e. The highest BCUT2D eigenvalue weighted by molar-refractivity contribution is 5.79. The average molecular weight is 423 g/mol. The Morgan fingerprint density at radius 1 is 1.27 bits per heavy atom. The first kappa shape index (κ1) is 21.8. The van der Waals surface area contributed by atoms with Crippen LogP contribution >= 0.6 is 0 Å². The van der Waals surface area contributed by atoms with Crippen LogP contribution in [0.2, 0.25) is 0 Å². The van der Waals surface area contributed by atoms with Gasteiger partial charge in [0.15, 0.2) is 12.8 Å². The summed E-state index contributed by atoms with van der Waals surface area (Å²) in [4.78, 5) is 6.16. The molecule has 162 valence electrons. The van der Waals surface area contributed by atoms with Crippen molar-refractivity contribution in [1.82, 2.24) is 10.2 Å². The van der Waals surface area contributed by atoms with E-state index < -0.39 is 6.61 Å². The van der Waals surface area contributed by atoms with Crippen LogP contribution in [-0.2, 0) is 24.3 Å². The lowest BCUT2D eigenvalue weighted by atomic mass is 10.1. The fourth-order valence-corrected chi connectivity index (χ4v) is 3.26. The zero-order valence-electron chi connectivity index (χ0n) is 16.8. The molecule has 2 aromatic rings. The molecule has 0 saturated heterocycles. The molecule has 3 rings (SSSR count). The smallest absolute Gasteiger partial charge is 0.387 e. The molecule has 9 heteroatoms. The Balaban J connectivity index is 1.55. The number of hydrogen-bond acceptors (Lipinski definition) is 4. The standard InChI is InChI=1S/C21H24F3N3O3/c1-25-21(27(2)11-14-3-5-18(6-4-14)30-20(23)24)26-8-7-15-9-17(22)10-16-12-28-13-29-19(15)16/h3-6,9-10,20H,7-8,11-13H2,1-2H3,(H,25,26). The first-order chi connectivity index (χ1) is 14.5. The van der Waals surface area contributed by atoms with Gasteiger partial charge < -0.3 is 24.4 Å². The van der Waals surface area contributed by atoms with Gasteiger partial charge >= 0.3 is 6.61 Å². The average Bonchev–Trinajstić information content (AvgIpc) is 2.72. The molecule has 0 fully saturated rings. The molecule has 1 aliphatic heterocycles. The lowest BCUT2D eigenvalue weighted by molar-refractivity contribution is -0.0498. The monoisotopic (exact) mass is 423 g/mol. The number of aliphatic imine (C=N–C) groups is 1. The van der Waals surface area contributed by atoms with E-state index in [9.17, 15) is 13.2 Å². The highest BCUT2D eigenvalue weighted by atomic mass is 19.3. The molecule has 0 atom stereocenters. The van der Waals surface area contributed by atoms with E-state index in [4.69, 9.17) is 9.47 Å². The molecule has 1 heterocycles. The third kappa shape index (κ3) is 5.79. The van der Waals surface area contributed by atoms with Crippen LogP contribution in [0.3, 0.4) is 0 Å². The Hall–Kier alpha value is -2.94. The summed E-state index contributed by atoms with van der Waals surface area (Å²) in [6.07, 6.45) is 0.548. The van der Waals surface area contributed by atoms with E-state index in [0.29, 0.717) is 43.4 Å². The van der Waals surface area contributed by atoms with Crippen LogP contribution in [0.25, 0.3) is 0 Å². The number of halogens is 3. The van der Waals surface area contributed by atoms with Crippen LogP contribution in [0, 0.1) is 5.82 Å². The van der Waals surface area contributed by atoms with E-state index in [1.54, 1.807) is 19.2 Å². The SMILES string of the molecule is CN=C(NCCc1cc(F)cc2c1OCOC2)N(C)Cc1ccc(OC(F)F)cc1. The summed E-state index contributed by atoms with van der Waals surface area (Å²) in [7, 11) is 3.53. The number of hydrogen-bond donors (Lipinski definition) is 1. The number of rotatable bonds is 7. The largest absolute Gasteiger partial charge is 0.467 e. The predicted molar refractivity (Wildman–Crippen MR) is 106 cm³/mol. The Labute approximate surface area is 173 Å².